The number of anilines is 2. The van der Waals surface area contributed by atoms with Crippen molar-refractivity contribution >= 4 is 38.8 Å². The van der Waals surface area contributed by atoms with Crippen molar-refractivity contribution in [3.05, 3.63) is 77.4 Å². The third-order valence-electron chi connectivity index (χ3n) is 7.32. The minimum absolute atomic E-state index is 0.0108. The van der Waals surface area contributed by atoms with Gasteiger partial charge in [0.1, 0.15) is 17.3 Å². The van der Waals surface area contributed by atoms with Gasteiger partial charge >= 0.3 is 0 Å². The van der Waals surface area contributed by atoms with Crippen molar-refractivity contribution < 1.29 is 31.1 Å². The number of ketones is 1. The molecule has 0 radical (unpaired) electrons. The zero-order valence-corrected chi connectivity index (χ0v) is 24.7. The zero-order chi connectivity index (χ0) is 30.9. The standard InChI is InChI=1S/C30H32F3N5O4S/c1-17(2)15-30(3)28(39)24(26(42-30)23-12-14-35-29(37-23)36-16-18-7-6-13-34-18)19-8-4-11-22(25(19)33)38-43(40,41)27-20(31)9-5-10-21(27)32/h4-5,8-12,14,17-18,34,38H,6-7,13,15-16H2,1-3H3,(H,35,36,37). The van der Waals surface area contributed by atoms with Crippen molar-refractivity contribution in [2.75, 3.05) is 23.1 Å². The molecule has 0 bridgehead atoms. The highest BCUT2D eigenvalue weighted by atomic mass is 32.2. The van der Waals surface area contributed by atoms with Crippen molar-refractivity contribution in [1.29, 1.82) is 0 Å². The Labute approximate surface area is 248 Å². The van der Waals surface area contributed by atoms with Gasteiger partial charge in [0.25, 0.3) is 10.0 Å². The van der Waals surface area contributed by atoms with E-state index in [9.17, 15) is 22.0 Å². The predicted octanol–water partition coefficient (Wildman–Crippen LogP) is 5.13. The van der Waals surface area contributed by atoms with Crippen LogP contribution < -0.4 is 15.4 Å². The highest BCUT2D eigenvalue weighted by Crippen LogP contribution is 2.45. The van der Waals surface area contributed by atoms with Gasteiger partial charge in [0, 0.05) is 24.3 Å². The highest BCUT2D eigenvalue weighted by Gasteiger charge is 2.48. The molecule has 5 rings (SSSR count). The molecular weight excluding hydrogens is 583 g/mol. The number of benzene rings is 2. The van der Waals surface area contributed by atoms with Crippen LogP contribution in [0.1, 0.15) is 51.3 Å². The van der Waals surface area contributed by atoms with E-state index in [2.05, 4.69) is 20.6 Å². The molecule has 3 aromatic rings. The van der Waals surface area contributed by atoms with Crippen LogP contribution in [0.2, 0.25) is 0 Å². The molecule has 228 valence electrons. The first kappa shape index (κ1) is 30.5. The second-order valence-electron chi connectivity index (χ2n) is 11.2. The fourth-order valence-corrected chi connectivity index (χ4v) is 6.68. The summed E-state index contributed by atoms with van der Waals surface area (Å²) >= 11 is 0. The molecule has 0 amide bonds. The molecule has 43 heavy (non-hydrogen) atoms. The summed E-state index contributed by atoms with van der Waals surface area (Å²) in [6.45, 7) is 6.96. The Morgan fingerprint density at radius 1 is 1.12 bits per heavy atom. The number of hydrogen-bond acceptors (Lipinski definition) is 8. The average Bonchev–Trinajstić information content (AvgIpc) is 3.55. The van der Waals surface area contributed by atoms with E-state index in [-0.39, 0.29) is 34.5 Å². The number of carbonyl (C=O) groups is 1. The molecule has 0 aliphatic carbocycles. The number of rotatable bonds is 10. The molecule has 0 saturated carbocycles. The molecule has 13 heteroatoms. The van der Waals surface area contributed by atoms with Crippen molar-refractivity contribution in [3.8, 4) is 0 Å². The predicted molar refractivity (Wildman–Crippen MR) is 156 cm³/mol. The van der Waals surface area contributed by atoms with Crippen molar-refractivity contribution in [2.45, 2.75) is 56.6 Å². The van der Waals surface area contributed by atoms with E-state index in [1.165, 1.54) is 24.4 Å². The fourth-order valence-electron chi connectivity index (χ4n) is 5.48. The molecule has 2 aliphatic rings. The molecule has 2 unspecified atom stereocenters. The van der Waals surface area contributed by atoms with Crippen LogP contribution in [0.3, 0.4) is 0 Å². The Kier molecular flexibility index (Phi) is 8.48. The van der Waals surface area contributed by atoms with E-state index in [0.29, 0.717) is 18.9 Å². The summed E-state index contributed by atoms with van der Waals surface area (Å²) in [6.07, 6.45) is 3.88. The molecule has 1 saturated heterocycles. The lowest BCUT2D eigenvalue weighted by atomic mass is 9.86. The van der Waals surface area contributed by atoms with Crippen LogP contribution in [0.15, 0.2) is 53.6 Å². The third kappa shape index (κ3) is 6.23. The molecule has 3 heterocycles. The smallest absolute Gasteiger partial charge is 0.267 e. The molecule has 0 spiro atoms. The van der Waals surface area contributed by atoms with E-state index < -0.39 is 49.4 Å². The first-order valence-electron chi connectivity index (χ1n) is 13.9. The van der Waals surface area contributed by atoms with Crippen LogP contribution in [-0.4, -0.2) is 48.9 Å². The Bertz CT molecular complexity index is 1670. The van der Waals surface area contributed by atoms with Crippen LogP contribution in [0.5, 0.6) is 0 Å². The lowest BCUT2D eigenvalue weighted by molar-refractivity contribution is -0.127. The monoisotopic (exact) mass is 615 g/mol. The number of halogens is 3. The molecule has 1 aromatic heterocycles. The van der Waals surface area contributed by atoms with Gasteiger partial charge in [0.15, 0.2) is 22.1 Å². The van der Waals surface area contributed by atoms with Gasteiger partial charge in [-0.3, -0.25) is 9.52 Å². The Hall–Kier alpha value is -3.97. The zero-order valence-electron chi connectivity index (χ0n) is 23.9. The van der Waals surface area contributed by atoms with Gasteiger partial charge in [0.2, 0.25) is 11.7 Å². The van der Waals surface area contributed by atoms with E-state index in [1.807, 2.05) is 18.6 Å². The minimum atomic E-state index is -4.88. The lowest BCUT2D eigenvalue weighted by Crippen LogP contribution is -2.35. The SMILES string of the molecule is CC(C)CC1(C)OC(c2ccnc(NCC3CCCN3)n2)=C(c2cccc(NS(=O)(=O)c3c(F)cccc3F)c2F)C1=O. The number of aromatic nitrogens is 2. The number of nitrogens with zero attached hydrogens (tertiary/aromatic N) is 2. The van der Waals surface area contributed by atoms with Crippen LogP contribution in [-0.2, 0) is 19.6 Å². The first-order chi connectivity index (χ1) is 20.4. The molecule has 9 nitrogen and oxygen atoms in total. The number of Topliss-reactive ketones (excluding diaryl/α,β-unsaturated/α-hetero) is 1. The van der Waals surface area contributed by atoms with Crippen LogP contribution in [0.25, 0.3) is 11.3 Å². The normalized spacial score (nSPS) is 20.5. The summed E-state index contributed by atoms with van der Waals surface area (Å²) in [5.74, 6) is -3.98. The molecule has 3 N–H and O–H groups in total. The quantitative estimate of drug-likeness (QED) is 0.287. The molecular formula is C30H32F3N5O4S. The summed E-state index contributed by atoms with van der Waals surface area (Å²) in [4.78, 5) is 21.5. The van der Waals surface area contributed by atoms with E-state index in [1.54, 1.807) is 6.92 Å². The topological polar surface area (TPSA) is 122 Å². The molecule has 2 atom stereocenters. The summed E-state index contributed by atoms with van der Waals surface area (Å²) in [6, 6.07) is 8.09. The van der Waals surface area contributed by atoms with Crippen LogP contribution >= 0.6 is 0 Å². The largest absolute Gasteiger partial charge is 0.476 e. The van der Waals surface area contributed by atoms with Gasteiger partial charge in [-0.2, -0.15) is 0 Å². The van der Waals surface area contributed by atoms with Gasteiger partial charge in [-0.05, 0) is 62.9 Å². The molecule has 2 aliphatic heterocycles. The second kappa shape index (κ2) is 12.0. The van der Waals surface area contributed by atoms with Crippen molar-refractivity contribution in [2.24, 2.45) is 5.92 Å². The Balaban J connectivity index is 1.56. The number of hydrogen-bond donors (Lipinski definition) is 3. The maximum Gasteiger partial charge on any atom is 0.267 e. The van der Waals surface area contributed by atoms with Gasteiger partial charge < -0.3 is 15.4 Å². The van der Waals surface area contributed by atoms with E-state index in [4.69, 9.17) is 4.74 Å². The number of carbonyl (C=O) groups excluding carboxylic acids is 1. The van der Waals surface area contributed by atoms with Crippen LogP contribution in [0, 0.1) is 23.4 Å². The van der Waals surface area contributed by atoms with Gasteiger partial charge in [-0.15, -0.1) is 0 Å². The number of nitrogens with one attached hydrogen (secondary N) is 3. The summed E-state index contributed by atoms with van der Waals surface area (Å²) in [5, 5.41) is 6.56. The van der Waals surface area contributed by atoms with E-state index in [0.717, 1.165) is 43.7 Å². The third-order valence-corrected chi connectivity index (χ3v) is 8.73. The lowest BCUT2D eigenvalue weighted by Gasteiger charge is -2.25. The highest BCUT2D eigenvalue weighted by molar-refractivity contribution is 7.92. The second-order valence-corrected chi connectivity index (χ2v) is 12.8. The maximum atomic E-state index is 16.1. The number of sulfonamides is 1. The van der Waals surface area contributed by atoms with Crippen LogP contribution in [0.4, 0.5) is 24.8 Å². The first-order valence-corrected chi connectivity index (χ1v) is 15.4. The summed E-state index contributed by atoms with van der Waals surface area (Å²) < 4.78 is 78.7. The Morgan fingerprint density at radius 3 is 2.51 bits per heavy atom. The molecule has 1 fully saturated rings. The average molecular weight is 616 g/mol. The number of ether oxygens (including phenoxy) is 1. The van der Waals surface area contributed by atoms with Gasteiger partial charge in [-0.1, -0.05) is 32.0 Å². The molecule has 2 aromatic carbocycles. The fraction of sp³-hybridized carbons (Fsp3) is 0.367. The van der Waals surface area contributed by atoms with Gasteiger partial charge in [-0.25, -0.2) is 31.6 Å². The minimum Gasteiger partial charge on any atom is -0.476 e. The Morgan fingerprint density at radius 2 is 1.84 bits per heavy atom. The van der Waals surface area contributed by atoms with E-state index >= 15 is 4.39 Å². The van der Waals surface area contributed by atoms with Crippen molar-refractivity contribution in [1.82, 2.24) is 15.3 Å². The van der Waals surface area contributed by atoms with Crippen molar-refractivity contribution in [3.63, 3.8) is 0 Å². The summed E-state index contributed by atoms with van der Waals surface area (Å²) in [5.41, 5.74) is -2.13. The maximum absolute atomic E-state index is 16.1. The summed E-state index contributed by atoms with van der Waals surface area (Å²) in [7, 11) is -4.88. The van der Waals surface area contributed by atoms with Gasteiger partial charge in [0.05, 0.1) is 11.3 Å².